The van der Waals surface area contributed by atoms with Crippen molar-refractivity contribution in [1.29, 1.82) is 0 Å². The van der Waals surface area contributed by atoms with Crippen LogP contribution in [-0.2, 0) is 11.2 Å². The van der Waals surface area contributed by atoms with Gasteiger partial charge in [-0.1, -0.05) is 31.2 Å². The molecular weight excluding hydrogens is 342 g/mol. The van der Waals surface area contributed by atoms with Gasteiger partial charge in [-0.05, 0) is 48.6 Å². The Hall–Kier alpha value is -2.37. The number of aliphatic carboxylic acids is 1. The standard InChI is InChI=1S/C21H29N3O3/c1-2-9-23-21(27)24-11-8-16(13-20(25)26)17(14-24)12-19-18-6-4-3-5-15(18)7-10-22-19/h3-6,16-17H,2,7-14H2,1H3,(H,23,27)(H,25,26). The molecule has 2 heterocycles. The quantitative estimate of drug-likeness (QED) is 0.807. The highest BCUT2D eigenvalue weighted by atomic mass is 16.4. The maximum absolute atomic E-state index is 12.4. The first-order valence-corrected chi connectivity index (χ1v) is 9.94. The van der Waals surface area contributed by atoms with Crippen LogP contribution in [0.3, 0.4) is 0 Å². The second-order valence-corrected chi connectivity index (χ2v) is 7.52. The Bertz CT molecular complexity index is 716. The molecule has 1 aromatic carbocycles. The van der Waals surface area contributed by atoms with Crippen LogP contribution in [0.25, 0.3) is 0 Å². The van der Waals surface area contributed by atoms with Crippen molar-refractivity contribution in [2.45, 2.75) is 39.0 Å². The number of rotatable bonds is 6. The lowest BCUT2D eigenvalue weighted by Gasteiger charge is -2.38. The van der Waals surface area contributed by atoms with Crippen LogP contribution in [0, 0.1) is 11.8 Å². The second-order valence-electron chi connectivity index (χ2n) is 7.52. The summed E-state index contributed by atoms with van der Waals surface area (Å²) in [6.07, 6.45) is 3.47. The van der Waals surface area contributed by atoms with E-state index >= 15 is 0 Å². The second kappa shape index (κ2) is 9.02. The normalized spacial score (nSPS) is 22.0. The number of carboxylic acid groups (broad SMARTS) is 1. The van der Waals surface area contributed by atoms with Crippen LogP contribution in [-0.4, -0.2) is 53.9 Å². The van der Waals surface area contributed by atoms with E-state index < -0.39 is 5.97 Å². The summed E-state index contributed by atoms with van der Waals surface area (Å²) in [7, 11) is 0. The first-order chi connectivity index (χ1) is 13.1. The van der Waals surface area contributed by atoms with Crippen molar-refractivity contribution in [3.8, 4) is 0 Å². The lowest BCUT2D eigenvalue weighted by molar-refractivity contribution is -0.138. The predicted molar refractivity (Wildman–Crippen MR) is 105 cm³/mol. The monoisotopic (exact) mass is 371 g/mol. The van der Waals surface area contributed by atoms with Crippen molar-refractivity contribution in [3.63, 3.8) is 0 Å². The average molecular weight is 371 g/mol. The number of amides is 2. The highest BCUT2D eigenvalue weighted by Gasteiger charge is 2.34. The third kappa shape index (κ3) is 4.87. The number of nitrogens with one attached hydrogen (secondary N) is 1. The average Bonchev–Trinajstić information content (AvgIpc) is 2.67. The molecule has 2 aliphatic rings. The van der Waals surface area contributed by atoms with E-state index in [4.69, 9.17) is 4.99 Å². The van der Waals surface area contributed by atoms with Crippen LogP contribution in [0.15, 0.2) is 29.3 Å². The smallest absolute Gasteiger partial charge is 0.317 e. The summed E-state index contributed by atoms with van der Waals surface area (Å²) in [5, 5.41) is 12.3. The maximum Gasteiger partial charge on any atom is 0.317 e. The first kappa shape index (κ1) is 19.4. The summed E-state index contributed by atoms with van der Waals surface area (Å²) < 4.78 is 0. The third-order valence-corrected chi connectivity index (χ3v) is 5.61. The molecule has 27 heavy (non-hydrogen) atoms. The van der Waals surface area contributed by atoms with E-state index in [1.807, 2.05) is 17.9 Å². The number of benzene rings is 1. The molecule has 0 radical (unpaired) electrons. The fraction of sp³-hybridized carbons (Fsp3) is 0.571. The van der Waals surface area contributed by atoms with Crippen molar-refractivity contribution in [1.82, 2.24) is 10.2 Å². The summed E-state index contributed by atoms with van der Waals surface area (Å²) in [4.78, 5) is 30.3. The molecule has 0 aliphatic carbocycles. The van der Waals surface area contributed by atoms with Crippen LogP contribution in [0.5, 0.6) is 0 Å². The molecule has 1 saturated heterocycles. The largest absolute Gasteiger partial charge is 0.481 e. The van der Waals surface area contributed by atoms with Gasteiger partial charge in [-0.25, -0.2) is 4.79 Å². The SMILES string of the molecule is CCCNC(=O)N1CCC(CC(=O)O)C(CC2=NCCc3ccccc32)C1. The topological polar surface area (TPSA) is 82.0 Å². The van der Waals surface area contributed by atoms with Gasteiger partial charge in [-0.3, -0.25) is 9.79 Å². The number of aliphatic imine (C=N–C) groups is 1. The van der Waals surface area contributed by atoms with E-state index in [-0.39, 0.29) is 24.3 Å². The van der Waals surface area contributed by atoms with Crippen LogP contribution in [0.1, 0.15) is 43.7 Å². The van der Waals surface area contributed by atoms with Crippen LogP contribution < -0.4 is 5.32 Å². The van der Waals surface area contributed by atoms with Crippen molar-refractivity contribution < 1.29 is 14.7 Å². The highest BCUT2D eigenvalue weighted by Crippen LogP contribution is 2.32. The van der Waals surface area contributed by atoms with E-state index in [0.29, 0.717) is 19.6 Å². The van der Waals surface area contributed by atoms with Crippen molar-refractivity contribution in [2.24, 2.45) is 16.8 Å². The number of hydrogen-bond acceptors (Lipinski definition) is 3. The van der Waals surface area contributed by atoms with Gasteiger partial charge in [0.15, 0.2) is 0 Å². The molecule has 146 valence electrons. The minimum Gasteiger partial charge on any atom is -0.481 e. The molecule has 2 atom stereocenters. The minimum absolute atomic E-state index is 0.0402. The summed E-state index contributed by atoms with van der Waals surface area (Å²) in [5.41, 5.74) is 3.56. The zero-order valence-corrected chi connectivity index (χ0v) is 16.0. The lowest BCUT2D eigenvalue weighted by atomic mass is 9.78. The lowest BCUT2D eigenvalue weighted by Crippen LogP contribution is -2.49. The van der Waals surface area contributed by atoms with Gasteiger partial charge in [-0.2, -0.15) is 0 Å². The molecule has 2 amide bonds. The summed E-state index contributed by atoms with van der Waals surface area (Å²) in [5.74, 6) is -0.568. The van der Waals surface area contributed by atoms with E-state index in [0.717, 1.165) is 37.9 Å². The fourth-order valence-electron chi connectivity index (χ4n) is 4.17. The van der Waals surface area contributed by atoms with Crippen molar-refractivity contribution >= 4 is 17.7 Å². The Morgan fingerprint density at radius 3 is 2.89 bits per heavy atom. The molecule has 2 aliphatic heterocycles. The van der Waals surface area contributed by atoms with Gasteiger partial charge in [0, 0.05) is 38.3 Å². The Balaban J connectivity index is 1.74. The zero-order valence-electron chi connectivity index (χ0n) is 16.0. The number of urea groups is 1. The number of carboxylic acids is 1. The van der Waals surface area contributed by atoms with Crippen LogP contribution in [0.4, 0.5) is 4.79 Å². The summed E-state index contributed by atoms with van der Waals surface area (Å²) >= 11 is 0. The molecule has 0 bridgehead atoms. The number of fused-ring (bicyclic) bond motifs is 1. The molecule has 0 saturated carbocycles. The first-order valence-electron chi connectivity index (χ1n) is 9.94. The Morgan fingerprint density at radius 2 is 2.11 bits per heavy atom. The van der Waals surface area contributed by atoms with Crippen LogP contribution in [0.2, 0.25) is 0 Å². The summed E-state index contributed by atoms with van der Waals surface area (Å²) in [6.45, 7) is 4.69. The Kier molecular flexibility index (Phi) is 6.48. The van der Waals surface area contributed by atoms with Gasteiger partial charge in [0.25, 0.3) is 0 Å². The van der Waals surface area contributed by atoms with Gasteiger partial charge in [0.2, 0.25) is 0 Å². The number of hydrogen-bond donors (Lipinski definition) is 2. The Labute approximate surface area is 160 Å². The number of likely N-dealkylation sites (tertiary alicyclic amines) is 1. The Morgan fingerprint density at radius 1 is 1.30 bits per heavy atom. The van der Waals surface area contributed by atoms with Gasteiger partial charge in [0.05, 0.1) is 0 Å². The maximum atomic E-state index is 12.4. The van der Waals surface area contributed by atoms with Crippen molar-refractivity contribution in [3.05, 3.63) is 35.4 Å². The number of piperidine rings is 1. The van der Waals surface area contributed by atoms with E-state index in [1.54, 1.807) is 0 Å². The highest BCUT2D eigenvalue weighted by molar-refractivity contribution is 6.02. The molecule has 3 rings (SSSR count). The fourth-order valence-corrected chi connectivity index (χ4v) is 4.17. The van der Waals surface area contributed by atoms with E-state index in [1.165, 1.54) is 11.1 Å². The van der Waals surface area contributed by atoms with E-state index in [9.17, 15) is 14.7 Å². The van der Waals surface area contributed by atoms with Gasteiger partial charge in [-0.15, -0.1) is 0 Å². The molecule has 2 N–H and O–H groups in total. The molecule has 6 nitrogen and oxygen atoms in total. The molecule has 1 fully saturated rings. The number of carbonyl (C=O) groups excluding carboxylic acids is 1. The predicted octanol–water partition coefficient (Wildman–Crippen LogP) is 2.95. The summed E-state index contributed by atoms with van der Waals surface area (Å²) in [6, 6.07) is 8.29. The number of nitrogens with zero attached hydrogens (tertiary/aromatic N) is 2. The molecular formula is C21H29N3O3. The van der Waals surface area contributed by atoms with E-state index in [2.05, 4.69) is 23.5 Å². The van der Waals surface area contributed by atoms with Gasteiger partial charge in [0.1, 0.15) is 0 Å². The molecule has 2 unspecified atom stereocenters. The zero-order chi connectivity index (χ0) is 19.2. The van der Waals surface area contributed by atoms with Gasteiger partial charge < -0.3 is 15.3 Å². The molecule has 1 aromatic rings. The van der Waals surface area contributed by atoms with Crippen LogP contribution >= 0.6 is 0 Å². The molecule has 6 heteroatoms. The molecule has 0 aromatic heterocycles. The third-order valence-electron chi connectivity index (χ3n) is 5.61. The molecule has 0 spiro atoms. The minimum atomic E-state index is -0.764. The van der Waals surface area contributed by atoms with Crippen molar-refractivity contribution in [2.75, 3.05) is 26.2 Å². The number of carbonyl (C=O) groups is 2. The van der Waals surface area contributed by atoms with Gasteiger partial charge >= 0.3 is 12.0 Å².